The van der Waals surface area contributed by atoms with Gasteiger partial charge in [0.2, 0.25) is 0 Å². The first-order valence-electron chi connectivity index (χ1n) is 7.60. The standard InChI is InChI=1S/C21H15ClO/c22-17-11-12-18-19(15-7-3-1-4-8-15)14-20(23-21(18)13-17)16-9-5-2-6-10-16/h1-14,20H. The Balaban J connectivity index is 1.87. The zero-order valence-electron chi connectivity index (χ0n) is 12.4. The summed E-state index contributed by atoms with van der Waals surface area (Å²) in [7, 11) is 0. The van der Waals surface area contributed by atoms with Crippen LogP contribution in [0.2, 0.25) is 5.02 Å². The van der Waals surface area contributed by atoms with E-state index in [1.54, 1.807) is 0 Å². The number of benzene rings is 3. The third-order valence-electron chi connectivity index (χ3n) is 4.02. The Morgan fingerprint density at radius 3 is 2.22 bits per heavy atom. The van der Waals surface area contributed by atoms with Crippen molar-refractivity contribution < 1.29 is 4.74 Å². The SMILES string of the molecule is Clc1ccc2c(c1)OC(c1ccccc1)C=C2c1ccccc1. The normalized spacial score (nSPS) is 16.2. The third-order valence-corrected chi connectivity index (χ3v) is 4.25. The lowest BCUT2D eigenvalue weighted by molar-refractivity contribution is 0.251. The first-order chi connectivity index (χ1) is 11.3. The molecule has 3 aromatic rings. The molecule has 0 saturated carbocycles. The van der Waals surface area contributed by atoms with Gasteiger partial charge in [0.1, 0.15) is 11.9 Å². The van der Waals surface area contributed by atoms with Crippen molar-refractivity contribution in [3.05, 3.63) is 107 Å². The Morgan fingerprint density at radius 1 is 0.783 bits per heavy atom. The van der Waals surface area contributed by atoms with E-state index in [1.807, 2.05) is 42.5 Å². The van der Waals surface area contributed by atoms with E-state index in [-0.39, 0.29) is 6.10 Å². The van der Waals surface area contributed by atoms with Crippen LogP contribution in [-0.2, 0) is 0 Å². The molecule has 112 valence electrons. The van der Waals surface area contributed by atoms with Crippen LogP contribution in [0.15, 0.2) is 84.9 Å². The summed E-state index contributed by atoms with van der Waals surface area (Å²) in [6.45, 7) is 0. The molecule has 0 bridgehead atoms. The van der Waals surface area contributed by atoms with Gasteiger partial charge in [-0.25, -0.2) is 0 Å². The molecule has 2 heteroatoms. The fraction of sp³-hybridized carbons (Fsp3) is 0.0476. The second kappa shape index (κ2) is 5.94. The van der Waals surface area contributed by atoms with E-state index in [2.05, 4.69) is 42.5 Å². The van der Waals surface area contributed by atoms with Crippen molar-refractivity contribution in [2.24, 2.45) is 0 Å². The zero-order chi connectivity index (χ0) is 15.6. The molecular weight excluding hydrogens is 304 g/mol. The van der Waals surface area contributed by atoms with E-state index >= 15 is 0 Å². The number of fused-ring (bicyclic) bond motifs is 1. The molecule has 1 heterocycles. The molecule has 0 fully saturated rings. The summed E-state index contributed by atoms with van der Waals surface area (Å²) in [6, 6.07) is 26.4. The van der Waals surface area contributed by atoms with Gasteiger partial charge in [0.25, 0.3) is 0 Å². The van der Waals surface area contributed by atoms with E-state index < -0.39 is 0 Å². The molecule has 0 amide bonds. The van der Waals surface area contributed by atoms with Crippen molar-refractivity contribution >= 4 is 17.2 Å². The molecule has 1 atom stereocenters. The van der Waals surface area contributed by atoms with Gasteiger partial charge in [0.05, 0.1) is 0 Å². The minimum absolute atomic E-state index is 0.114. The quantitative estimate of drug-likeness (QED) is 0.571. The molecule has 0 aliphatic carbocycles. The smallest absolute Gasteiger partial charge is 0.143 e. The Bertz CT molecular complexity index is 854. The van der Waals surface area contributed by atoms with Crippen LogP contribution < -0.4 is 4.74 Å². The second-order valence-electron chi connectivity index (χ2n) is 5.54. The van der Waals surface area contributed by atoms with Crippen LogP contribution in [0.1, 0.15) is 22.8 Å². The molecular formula is C21H15ClO. The predicted octanol–water partition coefficient (Wildman–Crippen LogP) is 5.91. The number of ether oxygens (including phenoxy) is 1. The summed E-state index contributed by atoms with van der Waals surface area (Å²) in [5.74, 6) is 0.827. The highest BCUT2D eigenvalue weighted by atomic mass is 35.5. The monoisotopic (exact) mass is 318 g/mol. The van der Waals surface area contributed by atoms with Crippen LogP contribution >= 0.6 is 11.6 Å². The van der Waals surface area contributed by atoms with E-state index in [4.69, 9.17) is 16.3 Å². The lowest BCUT2D eigenvalue weighted by atomic mass is 9.92. The van der Waals surface area contributed by atoms with Gasteiger partial charge < -0.3 is 4.74 Å². The zero-order valence-corrected chi connectivity index (χ0v) is 13.2. The van der Waals surface area contributed by atoms with E-state index in [0.29, 0.717) is 5.02 Å². The first-order valence-corrected chi connectivity index (χ1v) is 7.98. The topological polar surface area (TPSA) is 9.23 Å². The maximum absolute atomic E-state index is 6.19. The molecule has 1 unspecified atom stereocenters. The molecule has 1 nitrogen and oxygen atoms in total. The Hall–Kier alpha value is -2.51. The molecule has 0 saturated heterocycles. The second-order valence-corrected chi connectivity index (χ2v) is 5.97. The minimum atomic E-state index is -0.114. The van der Waals surface area contributed by atoms with Gasteiger partial charge in [-0.1, -0.05) is 72.3 Å². The van der Waals surface area contributed by atoms with Crippen molar-refractivity contribution in [1.29, 1.82) is 0 Å². The Morgan fingerprint density at radius 2 is 1.48 bits per heavy atom. The van der Waals surface area contributed by atoms with Crippen LogP contribution in [0.25, 0.3) is 5.57 Å². The summed E-state index contributed by atoms with van der Waals surface area (Å²) in [5, 5.41) is 0.685. The molecule has 0 aromatic heterocycles. The molecule has 0 spiro atoms. The van der Waals surface area contributed by atoms with Gasteiger partial charge in [-0.15, -0.1) is 0 Å². The average Bonchev–Trinajstić information content (AvgIpc) is 2.62. The average molecular weight is 319 g/mol. The Labute approximate surface area is 140 Å². The molecule has 1 aliphatic heterocycles. The molecule has 3 aromatic carbocycles. The fourth-order valence-electron chi connectivity index (χ4n) is 2.90. The highest BCUT2D eigenvalue weighted by Crippen LogP contribution is 2.41. The lowest BCUT2D eigenvalue weighted by Crippen LogP contribution is -2.12. The van der Waals surface area contributed by atoms with Gasteiger partial charge in [-0.2, -0.15) is 0 Å². The minimum Gasteiger partial charge on any atom is -0.481 e. The summed E-state index contributed by atoms with van der Waals surface area (Å²) < 4.78 is 6.19. The number of halogens is 1. The first kappa shape index (κ1) is 14.1. The van der Waals surface area contributed by atoms with Crippen LogP contribution in [0.5, 0.6) is 5.75 Å². The van der Waals surface area contributed by atoms with E-state index in [0.717, 1.165) is 16.9 Å². The van der Waals surface area contributed by atoms with Crippen molar-refractivity contribution in [3.63, 3.8) is 0 Å². The number of hydrogen-bond acceptors (Lipinski definition) is 1. The maximum Gasteiger partial charge on any atom is 0.143 e. The summed E-state index contributed by atoms with van der Waals surface area (Å²) in [5.41, 5.74) is 4.57. The molecule has 0 N–H and O–H groups in total. The highest BCUT2D eigenvalue weighted by Gasteiger charge is 2.23. The Kier molecular flexibility index (Phi) is 3.64. The van der Waals surface area contributed by atoms with Crippen molar-refractivity contribution in [2.75, 3.05) is 0 Å². The summed E-state index contributed by atoms with van der Waals surface area (Å²) >= 11 is 6.16. The van der Waals surface area contributed by atoms with Crippen LogP contribution in [-0.4, -0.2) is 0 Å². The molecule has 23 heavy (non-hydrogen) atoms. The van der Waals surface area contributed by atoms with Crippen LogP contribution in [0.4, 0.5) is 0 Å². The molecule has 0 radical (unpaired) electrons. The molecule has 1 aliphatic rings. The van der Waals surface area contributed by atoms with Gasteiger partial charge in [-0.3, -0.25) is 0 Å². The maximum atomic E-state index is 6.19. The summed E-state index contributed by atoms with van der Waals surface area (Å²) in [6.07, 6.45) is 2.07. The highest BCUT2D eigenvalue weighted by molar-refractivity contribution is 6.30. The number of rotatable bonds is 2. The van der Waals surface area contributed by atoms with E-state index in [9.17, 15) is 0 Å². The number of hydrogen-bond donors (Lipinski definition) is 0. The van der Waals surface area contributed by atoms with Crippen molar-refractivity contribution in [3.8, 4) is 5.75 Å². The van der Waals surface area contributed by atoms with Gasteiger partial charge in [-0.05, 0) is 41.0 Å². The third kappa shape index (κ3) is 2.76. The van der Waals surface area contributed by atoms with Gasteiger partial charge in [0, 0.05) is 10.6 Å². The van der Waals surface area contributed by atoms with Crippen molar-refractivity contribution in [1.82, 2.24) is 0 Å². The van der Waals surface area contributed by atoms with E-state index in [1.165, 1.54) is 11.1 Å². The predicted molar refractivity (Wildman–Crippen MR) is 94.8 cm³/mol. The molecule has 4 rings (SSSR count). The largest absolute Gasteiger partial charge is 0.481 e. The van der Waals surface area contributed by atoms with Gasteiger partial charge >= 0.3 is 0 Å². The lowest BCUT2D eigenvalue weighted by Gasteiger charge is -2.26. The van der Waals surface area contributed by atoms with Crippen LogP contribution in [0, 0.1) is 0 Å². The van der Waals surface area contributed by atoms with Crippen molar-refractivity contribution in [2.45, 2.75) is 6.10 Å². The van der Waals surface area contributed by atoms with Gasteiger partial charge in [0.15, 0.2) is 0 Å². The summed E-state index contributed by atoms with van der Waals surface area (Å²) in [4.78, 5) is 0. The van der Waals surface area contributed by atoms with Crippen LogP contribution in [0.3, 0.4) is 0 Å². The fourth-order valence-corrected chi connectivity index (χ4v) is 3.07.